The molecule has 2 heteroatoms. The SMILES string of the molecule is CCOc1ccc2c(c1)[C@H](C)CC(C)(C)[N+]2(C)C. The van der Waals surface area contributed by atoms with E-state index in [4.69, 9.17) is 4.74 Å². The fourth-order valence-electron chi connectivity index (χ4n) is 3.11. The molecule has 1 aromatic carbocycles. The highest BCUT2D eigenvalue weighted by atomic mass is 16.5. The molecule has 0 N–H and O–H groups in total. The molecule has 0 unspecified atom stereocenters. The van der Waals surface area contributed by atoms with Gasteiger partial charge in [0, 0.05) is 18.1 Å². The number of fused-ring (bicyclic) bond motifs is 1. The van der Waals surface area contributed by atoms with Crippen LogP contribution < -0.4 is 9.22 Å². The van der Waals surface area contributed by atoms with E-state index in [1.54, 1.807) is 0 Å². The molecule has 0 aliphatic carbocycles. The second-order valence-electron chi connectivity index (χ2n) is 6.52. The van der Waals surface area contributed by atoms with Crippen LogP contribution in [0.15, 0.2) is 18.2 Å². The third kappa shape index (κ3) is 1.93. The largest absolute Gasteiger partial charge is 0.494 e. The minimum absolute atomic E-state index is 0.277. The molecule has 18 heavy (non-hydrogen) atoms. The first-order chi connectivity index (χ1) is 8.29. The smallest absolute Gasteiger partial charge is 0.136 e. The van der Waals surface area contributed by atoms with Gasteiger partial charge in [-0.1, -0.05) is 6.92 Å². The topological polar surface area (TPSA) is 9.23 Å². The van der Waals surface area contributed by atoms with Crippen LogP contribution in [0.5, 0.6) is 5.75 Å². The van der Waals surface area contributed by atoms with Crippen molar-refractivity contribution in [1.29, 1.82) is 0 Å². The fourth-order valence-corrected chi connectivity index (χ4v) is 3.11. The summed E-state index contributed by atoms with van der Waals surface area (Å²) in [6.07, 6.45) is 1.21. The third-order valence-corrected chi connectivity index (χ3v) is 4.76. The van der Waals surface area contributed by atoms with Gasteiger partial charge in [0.15, 0.2) is 0 Å². The number of ether oxygens (including phenoxy) is 1. The molecule has 0 aromatic heterocycles. The van der Waals surface area contributed by atoms with Crippen LogP contribution in [0.1, 0.15) is 45.6 Å². The summed E-state index contributed by atoms with van der Waals surface area (Å²) in [7, 11) is 4.62. The van der Waals surface area contributed by atoms with Crippen LogP contribution in [0.2, 0.25) is 0 Å². The number of hydrogen-bond acceptors (Lipinski definition) is 1. The summed E-state index contributed by atoms with van der Waals surface area (Å²) in [5, 5.41) is 0. The molecule has 0 spiro atoms. The molecular formula is C16H26NO+. The number of hydrogen-bond donors (Lipinski definition) is 0. The molecule has 1 atom stereocenters. The molecular weight excluding hydrogens is 222 g/mol. The molecule has 0 saturated carbocycles. The lowest BCUT2D eigenvalue weighted by atomic mass is 9.78. The lowest BCUT2D eigenvalue weighted by Crippen LogP contribution is -2.60. The van der Waals surface area contributed by atoms with Crippen LogP contribution in [-0.2, 0) is 0 Å². The summed E-state index contributed by atoms with van der Waals surface area (Å²) >= 11 is 0. The Morgan fingerprint density at radius 3 is 2.61 bits per heavy atom. The summed E-state index contributed by atoms with van der Waals surface area (Å²) in [6.45, 7) is 9.82. The Hall–Kier alpha value is -1.02. The third-order valence-electron chi connectivity index (χ3n) is 4.76. The van der Waals surface area contributed by atoms with E-state index in [0.717, 1.165) is 16.8 Å². The highest BCUT2D eigenvalue weighted by molar-refractivity contribution is 5.58. The molecule has 1 heterocycles. The molecule has 2 nitrogen and oxygen atoms in total. The van der Waals surface area contributed by atoms with E-state index in [1.165, 1.54) is 17.7 Å². The Balaban J connectivity index is 2.52. The summed E-state index contributed by atoms with van der Waals surface area (Å²) in [4.78, 5) is 0. The zero-order valence-corrected chi connectivity index (χ0v) is 12.6. The Labute approximate surface area is 111 Å². The molecule has 1 aromatic rings. The van der Waals surface area contributed by atoms with Crippen LogP contribution >= 0.6 is 0 Å². The predicted molar refractivity (Wildman–Crippen MR) is 78.4 cm³/mol. The molecule has 0 amide bonds. The summed E-state index contributed by atoms with van der Waals surface area (Å²) < 4.78 is 6.58. The zero-order valence-electron chi connectivity index (χ0n) is 12.6. The Morgan fingerprint density at radius 2 is 2.00 bits per heavy atom. The van der Waals surface area contributed by atoms with E-state index in [9.17, 15) is 0 Å². The number of quaternary nitrogens is 1. The van der Waals surface area contributed by atoms with Gasteiger partial charge in [-0.15, -0.1) is 0 Å². The lowest BCUT2D eigenvalue weighted by molar-refractivity contribution is 0.157. The number of rotatable bonds is 2. The van der Waals surface area contributed by atoms with Crippen molar-refractivity contribution in [3.63, 3.8) is 0 Å². The molecule has 0 fully saturated rings. The van der Waals surface area contributed by atoms with Crippen molar-refractivity contribution in [2.75, 3.05) is 20.7 Å². The van der Waals surface area contributed by atoms with Gasteiger partial charge < -0.3 is 4.74 Å². The van der Waals surface area contributed by atoms with Crippen molar-refractivity contribution in [3.05, 3.63) is 23.8 Å². The molecule has 0 radical (unpaired) electrons. The highest BCUT2D eigenvalue weighted by Crippen LogP contribution is 2.47. The first-order valence-electron chi connectivity index (χ1n) is 6.91. The molecule has 0 bridgehead atoms. The van der Waals surface area contributed by atoms with E-state index in [2.05, 4.69) is 53.1 Å². The van der Waals surface area contributed by atoms with Crippen molar-refractivity contribution in [2.45, 2.75) is 45.6 Å². The van der Waals surface area contributed by atoms with Gasteiger partial charge in [-0.3, -0.25) is 4.48 Å². The maximum Gasteiger partial charge on any atom is 0.136 e. The maximum atomic E-state index is 5.63. The molecule has 1 aliphatic heterocycles. The quantitative estimate of drug-likeness (QED) is 0.720. The first kappa shape index (κ1) is 13.4. The van der Waals surface area contributed by atoms with E-state index in [-0.39, 0.29) is 5.54 Å². The summed E-state index contributed by atoms with van der Waals surface area (Å²) in [6, 6.07) is 6.59. The van der Waals surface area contributed by atoms with Gasteiger partial charge in [0.2, 0.25) is 0 Å². The molecule has 1 aliphatic rings. The van der Waals surface area contributed by atoms with E-state index in [1.807, 2.05) is 6.92 Å². The van der Waals surface area contributed by atoms with Gasteiger partial charge in [0.1, 0.15) is 11.4 Å². The van der Waals surface area contributed by atoms with E-state index >= 15 is 0 Å². The normalized spacial score (nSPS) is 24.4. The Bertz CT molecular complexity index is 448. The maximum absolute atomic E-state index is 5.63. The minimum Gasteiger partial charge on any atom is -0.494 e. The number of benzene rings is 1. The van der Waals surface area contributed by atoms with Crippen LogP contribution in [-0.4, -0.2) is 26.2 Å². The van der Waals surface area contributed by atoms with Gasteiger partial charge >= 0.3 is 0 Å². The standard InChI is InChI=1S/C16H26NO/c1-7-18-13-8-9-15-14(10-13)12(2)11-16(3,4)17(15,5)6/h8-10,12H,7,11H2,1-6H3/q+1/t12-/m1/s1. The number of nitrogens with zero attached hydrogens (tertiary/aromatic N) is 1. The van der Waals surface area contributed by atoms with Crippen molar-refractivity contribution in [2.24, 2.45) is 0 Å². The zero-order chi connectivity index (χ0) is 13.6. The van der Waals surface area contributed by atoms with Crippen LogP contribution in [0.3, 0.4) is 0 Å². The second-order valence-corrected chi connectivity index (χ2v) is 6.52. The predicted octanol–water partition coefficient (Wildman–Crippen LogP) is 3.94. The average Bonchev–Trinajstić information content (AvgIpc) is 2.27. The molecule has 2 rings (SSSR count). The van der Waals surface area contributed by atoms with Gasteiger partial charge in [0.05, 0.1) is 26.2 Å². The van der Waals surface area contributed by atoms with Crippen LogP contribution in [0, 0.1) is 0 Å². The summed E-state index contributed by atoms with van der Waals surface area (Å²) in [5.74, 6) is 1.60. The second kappa shape index (κ2) is 4.27. The Kier molecular flexibility index (Phi) is 3.18. The molecule has 100 valence electrons. The van der Waals surface area contributed by atoms with Crippen molar-refractivity contribution in [1.82, 2.24) is 4.48 Å². The van der Waals surface area contributed by atoms with Crippen molar-refractivity contribution < 1.29 is 4.74 Å². The van der Waals surface area contributed by atoms with Gasteiger partial charge in [-0.2, -0.15) is 0 Å². The fraction of sp³-hybridized carbons (Fsp3) is 0.625. The van der Waals surface area contributed by atoms with Crippen LogP contribution in [0.4, 0.5) is 5.69 Å². The van der Waals surface area contributed by atoms with Gasteiger partial charge in [-0.05, 0) is 38.8 Å². The van der Waals surface area contributed by atoms with E-state index < -0.39 is 0 Å². The monoisotopic (exact) mass is 248 g/mol. The summed E-state index contributed by atoms with van der Waals surface area (Å²) in [5.41, 5.74) is 3.16. The van der Waals surface area contributed by atoms with Gasteiger partial charge in [-0.25, -0.2) is 0 Å². The first-order valence-corrected chi connectivity index (χ1v) is 6.91. The highest BCUT2D eigenvalue weighted by Gasteiger charge is 2.45. The van der Waals surface area contributed by atoms with Crippen molar-refractivity contribution >= 4 is 5.69 Å². The minimum atomic E-state index is 0.277. The van der Waals surface area contributed by atoms with Crippen molar-refractivity contribution in [3.8, 4) is 5.75 Å². The Morgan fingerprint density at radius 1 is 1.33 bits per heavy atom. The average molecular weight is 248 g/mol. The lowest BCUT2D eigenvalue weighted by Gasteiger charge is -2.50. The van der Waals surface area contributed by atoms with Gasteiger partial charge in [0.25, 0.3) is 0 Å². The molecule has 0 saturated heterocycles. The van der Waals surface area contributed by atoms with E-state index in [0.29, 0.717) is 5.92 Å². The van der Waals surface area contributed by atoms with Crippen LogP contribution in [0.25, 0.3) is 0 Å².